The maximum atomic E-state index is 11.4. The highest BCUT2D eigenvalue weighted by molar-refractivity contribution is 7.80. The van der Waals surface area contributed by atoms with Crippen molar-refractivity contribution in [2.24, 2.45) is 17.6 Å². The van der Waals surface area contributed by atoms with E-state index in [1.807, 2.05) is 6.92 Å². The first kappa shape index (κ1) is 13.4. The summed E-state index contributed by atoms with van der Waals surface area (Å²) >= 11 is 4.96. The lowest BCUT2D eigenvalue weighted by Crippen LogP contribution is -2.42. The van der Waals surface area contributed by atoms with E-state index in [-0.39, 0.29) is 17.7 Å². The molecule has 0 radical (unpaired) electrons. The van der Waals surface area contributed by atoms with Crippen LogP contribution in [0.2, 0.25) is 0 Å². The summed E-state index contributed by atoms with van der Waals surface area (Å²) in [7, 11) is 1.70. The summed E-state index contributed by atoms with van der Waals surface area (Å²) in [5, 5.41) is 2.71. The SMILES string of the molecule is CNC(=O)C1CCN(CC(C)C(N)=S)CC1. The van der Waals surface area contributed by atoms with Crippen molar-refractivity contribution in [3.63, 3.8) is 0 Å². The van der Waals surface area contributed by atoms with Crippen molar-refractivity contribution in [1.82, 2.24) is 10.2 Å². The molecule has 0 aromatic carbocycles. The number of piperidine rings is 1. The highest BCUT2D eigenvalue weighted by Crippen LogP contribution is 2.18. The molecule has 0 aromatic heterocycles. The van der Waals surface area contributed by atoms with Crippen LogP contribution in [0, 0.1) is 11.8 Å². The maximum Gasteiger partial charge on any atom is 0.222 e. The zero-order valence-electron chi connectivity index (χ0n) is 10.0. The number of nitrogens with zero attached hydrogens (tertiary/aromatic N) is 1. The predicted molar refractivity (Wildman–Crippen MR) is 69.2 cm³/mol. The Morgan fingerprint density at radius 3 is 2.56 bits per heavy atom. The fourth-order valence-electron chi connectivity index (χ4n) is 2.06. The van der Waals surface area contributed by atoms with E-state index in [9.17, 15) is 4.79 Å². The molecule has 0 spiro atoms. The van der Waals surface area contributed by atoms with Crippen molar-refractivity contribution >= 4 is 23.1 Å². The van der Waals surface area contributed by atoms with Gasteiger partial charge >= 0.3 is 0 Å². The van der Waals surface area contributed by atoms with Gasteiger partial charge in [0.05, 0.1) is 4.99 Å². The molecule has 0 bridgehead atoms. The molecule has 1 amide bonds. The monoisotopic (exact) mass is 243 g/mol. The number of hydrogen-bond donors (Lipinski definition) is 2. The molecular formula is C11H21N3OS. The molecule has 1 aliphatic rings. The van der Waals surface area contributed by atoms with Crippen LogP contribution in [0.1, 0.15) is 19.8 Å². The van der Waals surface area contributed by atoms with Crippen molar-refractivity contribution in [1.29, 1.82) is 0 Å². The summed E-state index contributed by atoms with van der Waals surface area (Å²) in [6, 6.07) is 0. The number of nitrogens with two attached hydrogens (primary N) is 1. The Morgan fingerprint density at radius 1 is 1.56 bits per heavy atom. The van der Waals surface area contributed by atoms with Crippen molar-refractivity contribution < 1.29 is 4.79 Å². The molecule has 1 unspecified atom stereocenters. The number of carbonyl (C=O) groups excluding carboxylic acids is 1. The third-order valence-corrected chi connectivity index (χ3v) is 3.62. The molecule has 0 aliphatic carbocycles. The van der Waals surface area contributed by atoms with Crippen molar-refractivity contribution in [2.75, 3.05) is 26.7 Å². The standard InChI is InChI=1S/C11H21N3OS/c1-8(10(12)16)7-14-5-3-9(4-6-14)11(15)13-2/h8-9H,3-7H2,1-2H3,(H2,12,16)(H,13,15). The summed E-state index contributed by atoms with van der Waals surface area (Å²) < 4.78 is 0. The van der Waals surface area contributed by atoms with Crippen LogP contribution in [-0.2, 0) is 4.79 Å². The van der Waals surface area contributed by atoms with E-state index in [4.69, 9.17) is 18.0 Å². The maximum absolute atomic E-state index is 11.4. The molecule has 92 valence electrons. The van der Waals surface area contributed by atoms with Gasteiger partial charge in [0.25, 0.3) is 0 Å². The normalized spacial score (nSPS) is 20.4. The number of amides is 1. The zero-order valence-corrected chi connectivity index (χ0v) is 10.8. The predicted octanol–water partition coefficient (Wildman–Crippen LogP) is 0.367. The Morgan fingerprint density at radius 2 is 2.12 bits per heavy atom. The number of thiocarbonyl (C=S) groups is 1. The number of likely N-dealkylation sites (tertiary alicyclic amines) is 1. The van der Waals surface area contributed by atoms with Crippen molar-refractivity contribution in [3.8, 4) is 0 Å². The molecule has 0 saturated carbocycles. The number of nitrogens with one attached hydrogen (secondary N) is 1. The van der Waals surface area contributed by atoms with Crippen LogP contribution in [-0.4, -0.2) is 42.5 Å². The molecule has 5 heteroatoms. The molecular weight excluding hydrogens is 222 g/mol. The quantitative estimate of drug-likeness (QED) is 0.700. The molecule has 1 rings (SSSR count). The third-order valence-electron chi connectivity index (χ3n) is 3.22. The summed E-state index contributed by atoms with van der Waals surface area (Å²) in [5.74, 6) is 0.606. The van der Waals surface area contributed by atoms with Gasteiger partial charge in [0, 0.05) is 25.4 Å². The van der Waals surface area contributed by atoms with Crippen molar-refractivity contribution in [2.45, 2.75) is 19.8 Å². The smallest absolute Gasteiger partial charge is 0.222 e. The van der Waals surface area contributed by atoms with Gasteiger partial charge in [0.2, 0.25) is 5.91 Å². The lowest BCUT2D eigenvalue weighted by molar-refractivity contribution is -0.125. The average Bonchev–Trinajstić information content (AvgIpc) is 2.28. The minimum absolute atomic E-state index is 0.169. The average molecular weight is 243 g/mol. The van der Waals surface area contributed by atoms with E-state index >= 15 is 0 Å². The molecule has 1 heterocycles. The van der Waals surface area contributed by atoms with Gasteiger partial charge in [-0.3, -0.25) is 4.79 Å². The topological polar surface area (TPSA) is 58.4 Å². The van der Waals surface area contributed by atoms with Gasteiger partial charge in [-0.2, -0.15) is 0 Å². The van der Waals surface area contributed by atoms with Gasteiger partial charge in [0.1, 0.15) is 0 Å². The molecule has 1 saturated heterocycles. The van der Waals surface area contributed by atoms with Gasteiger partial charge in [-0.15, -0.1) is 0 Å². The van der Waals surface area contributed by atoms with Crippen LogP contribution in [0.5, 0.6) is 0 Å². The van der Waals surface area contributed by atoms with E-state index in [0.29, 0.717) is 4.99 Å². The molecule has 1 atom stereocenters. The van der Waals surface area contributed by atoms with Gasteiger partial charge < -0.3 is 16.0 Å². The lowest BCUT2D eigenvalue weighted by Gasteiger charge is -2.32. The minimum atomic E-state index is 0.169. The van der Waals surface area contributed by atoms with Crippen molar-refractivity contribution in [3.05, 3.63) is 0 Å². The number of carbonyl (C=O) groups is 1. The molecule has 16 heavy (non-hydrogen) atoms. The summed E-state index contributed by atoms with van der Waals surface area (Å²) in [5.41, 5.74) is 5.59. The number of rotatable bonds is 4. The molecule has 3 N–H and O–H groups in total. The highest BCUT2D eigenvalue weighted by atomic mass is 32.1. The Hall–Kier alpha value is -0.680. The lowest BCUT2D eigenvalue weighted by atomic mass is 9.95. The fourth-order valence-corrected chi connectivity index (χ4v) is 2.13. The second kappa shape index (κ2) is 6.15. The van der Waals surface area contributed by atoms with Crippen LogP contribution in [0.15, 0.2) is 0 Å². The Bertz CT molecular complexity index is 262. The minimum Gasteiger partial charge on any atom is -0.393 e. The zero-order chi connectivity index (χ0) is 12.1. The first-order chi connectivity index (χ1) is 7.54. The second-order valence-corrected chi connectivity index (χ2v) is 4.96. The summed E-state index contributed by atoms with van der Waals surface area (Å²) in [6.07, 6.45) is 1.87. The Labute approximate surface area is 103 Å². The molecule has 4 nitrogen and oxygen atoms in total. The van der Waals surface area contributed by atoms with Gasteiger partial charge in [-0.25, -0.2) is 0 Å². The van der Waals surface area contributed by atoms with Crippen LogP contribution >= 0.6 is 12.2 Å². The first-order valence-electron chi connectivity index (χ1n) is 5.78. The largest absolute Gasteiger partial charge is 0.393 e. The summed E-state index contributed by atoms with van der Waals surface area (Å²) in [6.45, 7) is 4.89. The fraction of sp³-hybridized carbons (Fsp3) is 0.818. The van der Waals surface area contributed by atoms with E-state index in [1.165, 1.54) is 0 Å². The van der Waals surface area contributed by atoms with Gasteiger partial charge in [0.15, 0.2) is 0 Å². The number of hydrogen-bond acceptors (Lipinski definition) is 3. The molecule has 1 fully saturated rings. The van der Waals surface area contributed by atoms with Crippen LogP contribution in [0.25, 0.3) is 0 Å². The van der Waals surface area contributed by atoms with E-state index < -0.39 is 0 Å². The van der Waals surface area contributed by atoms with Crippen LogP contribution in [0.4, 0.5) is 0 Å². The first-order valence-corrected chi connectivity index (χ1v) is 6.18. The van der Waals surface area contributed by atoms with E-state index in [0.717, 1.165) is 32.5 Å². The van der Waals surface area contributed by atoms with Crippen LogP contribution < -0.4 is 11.1 Å². The third kappa shape index (κ3) is 3.72. The Balaban J connectivity index is 2.32. The summed E-state index contributed by atoms with van der Waals surface area (Å²) in [4.78, 5) is 14.3. The van der Waals surface area contributed by atoms with E-state index in [2.05, 4.69) is 10.2 Å². The second-order valence-electron chi connectivity index (χ2n) is 4.49. The Kier molecular flexibility index (Phi) is 5.15. The van der Waals surface area contributed by atoms with E-state index in [1.54, 1.807) is 7.05 Å². The van der Waals surface area contributed by atoms with Gasteiger partial charge in [-0.05, 0) is 25.9 Å². The highest BCUT2D eigenvalue weighted by Gasteiger charge is 2.24. The molecule has 0 aromatic rings. The van der Waals surface area contributed by atoms with Gasteiger partial charge in [-0.1, -0.05) is 19.1 Å². The molecule has 1 aliphatic heterocycles. The van der Waals surface area contributed by atoms with Crippen LogP contribution in [0.3, 0.4) is 0 Å².